The average Bonchev–Trinajstić information content (AvgIpc) is 3.05. The predicted molar refractivity (Wildman–Crippen MR) is 116 cm³/mol. The number of imidazole rings is 1. The number of para-hydroxylation sites is 2. The molecular formula is C23H29N5O2. The first-order valence-corrected chi connectivity index (χ1v) is 10.9. The summed E-state index contributed by atoms with van der Waals surface area (Å²) in [6, 6.07) is 9.22. The number of aromatic nitrogens is 4. The van der Waals surface area contributed by atoms with Crippen LogP contribution < -0.4 is 10.9 Å². The van der Waals surface area contributed by atoms with Gasteiger partial charge >= 0.3 is 0 Å². The second kappa shape index (κ2) is 8.81. The number of hydrogen-bond donors (Lipinski definition) is 2. The van der Waals surface area contributed by atoms with E-state index in [0.717, 1.165) is 66.6 Å². The number of fused-ring (bicyclic) bond motifs is 2. The van der Waals surface area contributed by atoms with Crippen LogP contribution in [0.4, 0.5) is 0 Å². The van der Waals surface area contributed by atoms with Crippen molar-refractivity contribution in [2.75, 3.05) is 0 Å². The molecule has 0 fully saturated rings. The molecule has 1 aromatic carbocycles. The summed E-state index contributed by atoms with van der Waals surface area (Å²) in [6.45, 7) is 4.09. The topological polar surface area (TPSA) is 92.7 Å². The maximum absolute atomic E-state index is 12.9. The Hall–Kier alpha value is -2.96. The highest BCUT2D eigenvalue weighted by Gasteiger charge is 2.24. The van der Waals surface area contributed by atoms with Gasteiger partial charge in [0.1, 0.15) is 12.4 Å². The molecule has 158 valence electrons. The lowest BCUT2D eigenvalue weighted by molar-refractivity contribution is -0.123. The van der Waals surface area contributed by atoms with Crippen LogP contribution in [0, 0.1) is 5.92 Å². The summed E-state index contributed by atoms with van der Waals surface area (Å²) in [5.74, 6) is 0.691. The number of H-pyrrole nitrogens is 1. The van der Waals surface area contributed by atoms with Gasteiger partial charge in [-0.3, -0.25) is 9.59 Å². The molecule has 0 spiro atoms. The Bertz CT molecular complexity index is 1070. The molecule has 2 N–H and O–H groups in total. The van der Waals surface area contributed by atoms with Crippen molar-refractivity contribution in [3.63, 3.8) is 0 Å². The van der Waals surface area contributed by atoms with Crippen LogP contribution in [0.5, 0.6) is 0 Å². The van der Waals surface area contributed by atoms with Gasteiger partial charge in [-0.25, -0.2) is 9.67 Å². The molecule has 4 rings (SSSR count). The molecule has 2 atom stereocenters. The highest BCUT2D eigenvalue weighted by atomic mass is 16.2. The largest absolute Gasteiger partial charge is 0.344 e. The van der Waals surface area contributed by atoms with Crippen LogP contribution in [-0.2, 0) is 24.2 Å². The first-order valence-electron chi connectivity index (χ1n) is 10.9. The van der Waals surface area contributed by atoms with E-state index in [0.29, 0.717) is 0 Å². The number of carbonyl (C=O) groups excluding carboxylic acids is 1. The van der Waals surface area contributed by atoms with E-state index < -0.39 is 0 Å². The van der Waals surface area contributed by atoms with Gasteiger partial charge in [-0.2, -0.15) is 5.10 Å². The van der Waals surface area contributed by atoms with Gasteiger partial charge in [0.25, 0.3) is 5.56 Å². The van der Waals surface area contributed by atoms with Gasteiger partial charge in [-0.05, 0) is 49.3 Å². The Morgan fingerprint density at radius 3 is 2.83 bits per heavy atom. The first kappa shape index (κ1) is 20.3. The molecule has 1 aliphatic rings. The smallest absolute Gasteiger partial charge is 0.267 e. The molecule has 30 heavy (non-hydrogen) atoms. The van der Waals surface area contributed by atoms with Crippen molar-refractivity contribution in [3.05, 3.63) is 57.8 Å². The molecule has 0 bridgehead atoms. The third kappa shape index (κ3) is 4.30. The van der Waals surface area contributed by atoms with Crippen molar-refractivity contribution in [2.45, 2.75) is 65.0 Å². The fraction of sp³-hybridized carbons (Fsp3) is 0.478. The van der Waals surface area contributed by atoms with E-state index in [2.05, 4.69) is 34.2 Å². The number of hydrogen-bond acceptors (Lipinski definition) is 4. The average molecular weight is 408 g/mol. The van der Waals surface area contributed by atoms with Crippen molar-refractivity contribution in [1.82, 2.24) is 25.1 Å². The highest BCUT2D eigenvalue weighted by Crippen LogP contribution is 2.24. The van der Waals surface area contributed by atoms with E-state index >= 15 is 0 Å². The van der Waals surface area contributed by atoms with Crippen molar-refractivity contribution in [1.29, 1.82) is 0 Å². The second-order valence-electron chi connectivity index (χ2n) is 8.24. The minimum absolute atomic E-state index is 0.0841. The number of nitrogens with one attached hydrogen (secondary N) is 2. The minimum Gasteiger partial charge on any atom is -0.344 e. The quantitative estimate of drug-likeness (QED) is 0.613. The zero-order chi connectivity index (χ0) is 21.1. The summed E-state index contributed by atoms with van der Waals surface area (Å²) in [5.41, 5.74) is 3.59. The molecule has 7 nitrogen and oxygen atoms in total. The maximum Gasteiger partial charge on any atom is 0.267 e. The molecule has 1 amide bonds. The number of benzene rings is 1. The lowest BCUT2D eigenvalue weighted by Gasteiger charge is -2.22. The third-order valence-electron chi connectivity index (χ3n) is 6.05. The molecule has 0 saturated carbocycles. The minimum atomic E-state index is -0.258. The summed E-state index contributed by atoms with van der Waals surface area (Å²) < 4.78 is 1.30. The molecular weight excluding hydrogens is 378 g/mol. The van der Waals surface area contributed by atoms with Gasteiger partial charge in [-0.1, -0.05) is 38.8 Å². The first-order chi connectivity index (χ1) is 14.5. The molecule has 0 saturated heterocycles. The van der Waals surface area contributed by atoms with Crippen LogP contribution in [0.2, 0.25) is 0 Å². The Morgan fingerprint density at radius 1 is 1.23 bits per heavy atom. The van der Waals surface area contributed by atoms with E-state index in [4.69, 9.17) is 0 Å². The Kier molecular flexibility index (Phi) is 5.97. The molecule has 3 aromatic rings. The van der Waals surface area contributed by atoms with Crippen LogP contribution in [0.1, 0.15) is 62.7 Å². The number of nitrogens with zero attached hydrogens (tertiary/aromatic N) is 3. The number of rotatable bonds is 6. The highest BCUT2D eigenvalue weighted by molar-refractivity contribution is 5.77. The van der Waals surface area contributed by atoms with Crippen LogP contribution in [-0.4, -0.2) is 25.7 Å². The van der Waals surface area contributed by atoms with Crippen molar-refractivity contribution in [3.8, 4) is 0 Å². The van der Waals surface area contributed by atoms with Crippen molar-refractivity contribution >= 4 is 16.9 Å². The number of aromatic amines is 1. The van der Waals surface area contributed by atoms with Crippen molar-refractivity contribution < 1.29 is 4.79 Å². The lowest BCUT2D eigenvalue weighted by Crippen LogP contribution is -2.38. The predicted octanol–water partition coefficient (Wildman–Crippen LogP) is 3.29. The van der Waals surface area contributed by atoms with Gasteiger partial charge < -0.3 is 10.3 Å². The third-order valence-corrected chi connectivity index (χ3v) is 6.05. The van der Waals surface area contributed by atoms with Crippen LogP contribution in [0.3, 0.4) is 0 Å². The van der Waals surface area contributed by atoms with E-state index in [1.807, 2.05) is 24.3 Å². The normalized spacial score (nSPS) is 15.9. The fourth-order valence-electron chi connectivity index (χ4n) is 4.08. The second-order valence-corrected chi connectivity index (χ2v) is 8.24. The Morgan fingerprint density at radius 2 is 2.03 bits per heavy atom. The molecule has 2 aromatic heterocycles. The maximum atomic E-state index is 12.9. The summed E-state index contributed by atoms with van der Waals surface area (Å²) >= 11 is 0. The Balaban J connectivity index is 1.54. The van der Waals surface area contributed by atoms with Crippen LogP contribution >= 0.6 is 0 Å². The summed E-state index contributed by atoms with van der Waals surface area (Å²) in [6.07, 6.45) is 5.97. The number of carbonyl (C=O) groups is 1. The zero-order valence-electron chi connectivity index (χ0n) is 17.6. The standard InChI is InChI=1S/C23H29N5O2/c1-3-15(2)22(23-24-18-11-7-8-12-19(18)25-23)26-20(29)14-28-21(30)13-16-9-5-4-6-10-17(16)27-28/h7-8,11-13,15,22H,3-6,9-10,14H2,1-2H3,(H,24,25)(H,26,29). The summed E-state index contributed by atoms with van der Waals surface area (Å²) in [4.78, 5) is 33.4. The van der Waals surface area contributed by atoms with E-state index in [-0.39, 0.29) is 30.0 Å². The zero-order valence-corrected chi connectivity index (χ0v) is 17.6. The van der Waals surface area contributed by atoms with Crippen molar-refractivity contribution in [2.24, 2.45) is 5.92 Å². The van der Waals surface area contributed by atoms with Gasteiger partial charge in [0.05, 0.1) is 22.8 Å². The van der Waals surface area contributed by atoms with Crippen LogP contribution in [0.15, 0.2) is 35.1 Å². The summed E-state index contributed by atoms with van der Waals surface area (Å²) in [7, 11) is 0. The van der Waals surface area contributed by atoms with E-state index in [9.17, 15) is 9.59 Å². The molecule has 2 unspecified atom stereocenters. The molecule has 1 aliphatic carbocycles. The fourth-order valence-corrected chi connectivity index (χ4v) is 4.08. The number of amides is 1. The number of aryl methyl sites for hydroxylation is 2. The van der Waals surface area contributed by atoms with Gasteiger partial charge in [0.15, 0.2) is 0 Å². The summed E-state index contributed by atoms with van der Waals surface area (Å²) in [5, 5.41) is 7.59. The SMILES string of the molecule is CCC(C)C(NC(=O)Cn1nc2c(cc1=O)CCCCC2)c1nc2ccccc2[nH]1. The van der Waals surface area contributed by atoms with Crippen LogP contribution in [0.25, 0.3) is 11.0 Å². The monoisotopic (exact) mass is 407 g/mol. The molecule has 0 radical (unpaired) electrons. The van der Waals surface area contributed by atoms with E-state index in [1.165, 1.54) is 4.68 Å². The van der Waals surface area contributed by atoms with Gasteiger partial charge in [-0.15, -0.1) is 0 Å². The molecule has 7 heteroatoms. The molecule has 2 heterocycles. The van der Waals surface area contributed by atoms with Gasteiger partial charge in [0, 0.05) is 6.07 Å². The lowest BCUT2D eigenvalue weighted by atomic mass is 9.98. The van der Waals surface area contributed by atoms with Gasteiger partial charge in [0.2, 0.25) is 5.91 Å². The van der Waals surface area contributed by atoms with E-state index in [1.54, 1.807) is 6.07 Å². The molecule has 0 aliphatic heterocycles. The Labute approximate surface area is 175 Å².